The van der Waals surface area contributed by atoms with Gasteiger partial charge in [0.05, 0.1) is 0 Å². The summed E-state index contributed by atoms with van der Waals surface area (Å²) in [5, 5.41) is 0. The van der Waals surface area contributed by atoms with Crippen molar-refractivity contribution in [2.24, 2.45) is 0 Å². The smallest absolute Gasteiger partial charge is 0.306 e. The molecule has 0 rings (SSSR count). The van der Waals surface area contributed by atoms with E-state index in [0.717, 1.165) is 57.8 Å². The Morgan fingerprint density at radius 2 is 0.370 bits per heavy atom. The predicted molar refractivity (Wildman–Crippen MR) is 317 cm³/mol. The van der Waals surface area contributed by atoms with Crippen LogP contribution in [0.4, 0.5) is 0 Å². The number of carbonyl (C=O) groups is 3. The SMILES string of the molecule is CCCCCCCCCCCCCCCCCCCCCCCCCCCCC(=O)OCC(COC(=O)CCCCCCCC)OC(=O)CCCCCCCCCCCCCCCCCCCCCCCCC. The first-order valence-corrected chi connectivity index (χ1v) is 33.5. The Bertz CT molecular complexity index is 1090. The second-order valence-corrected chi connectivity index (χ2v) is 23.1. The van der Waals surface area contributed by atoms with E-state index in [-0.39, 0.29) is 31.1 Å². The standard InChI is InChI=1S/C67H130O6/c1-4-7-10-13-16-18-20-22-24-26-28-30-32-33-34-36-37-39-41-43-45-47-49-51-54-57-60-66(69)72-63-64(62-71-65(68)59-56-53-15-12-9-6-3)73-67(70)61-58-55-52-50-48-46-44-42-40-38-35-31-29-27-25-23-21-19-17-14-11-8-5-2/h64H,4-63H2,1-3H3. The molecule has 0 aromatic heterocycles. The minimum Gasteiger partial charge on any atom is -0.462 e. The molecule has 0 aliphatic heterocycles. The third kappa shape index (κ3) is 61.1. The number of esters is 3. The molecule has 0 bridgehead atoms. The molecule has 6 nitrogen and oxygen atoms in total. The Morgan fingerprint density at radius 1 is 0.219 bits per heavy atom. The van der Waals surface area contributed by atoms with Crippen LogP contribution in [0.3, 0.4) is 0 Å². The average Bonchev–Trinajstić information content (AvgIpc) is 3.39. The van der Waals surface area contributed by atoms with Crippen LogP contribution < -0.4 is 0 Å². The van der Waals surface area contributed by atoms with Gasteiger partial charge < -0.3 is 14.2 Å². The molecular weight excluding hydrogens is 901 g/mol. The molecule has 0 fully saturated rings. The lowest BCUT2D eigenvalue weighted by Gasteiger charge is -2.18. The molecule has 0 saturated carbocycles. The number of carbonyl (C=O) groups excluding carboxylic acids is 3. The number of hydrogen-bond donors (Lipinski definition) is 0. The Morgan fingerprint density at radius 3 is 0.548 bits per heavy atom. The molecular formula is C67H130O6. The van der Waals surface area contributed by atoms with E-state index in [2.05, 4.69) is 20.8 Å². The summed E-state index contributed by atoms with van der Waals surface area (Å²) in [7, 11) is 0. The van der Waals surface area contributed by atoms with Crippen LogP contribution in [0.15, 0.2) is 0 Å². The van der Waals surface area contributed by atoms with Gasteiger partial charge in [-0.3, -0.25) is 14.4 Å². The van der Waals surface area contributed by atoms with Gasteiger partial charge in [0, 0.05) is 19.3 Å². The third-order valence-corrected chi connectivity index (χ3v) is 15.6. The Labute approximate surface area is 457 Å². The molecule has 0 aliphatic carbocycles. The molecule has 0 aromatic carbocycles. The first-order chi connectivity index (χ1) is 36.0. The molecule has 0 aromatic rings. The largest absolute Gasteiger partial charge is 0.462 e. The van der Waals surface area contributed by atoms with E-state index in [0.29, 0.717) is 19.3 Å². The molecule has 0 aliphatic rings. The maximum absolute atomic E-state index is 12.9. The quantitative estimate of drug-likeness (QED) is 0.0343. The van der Waals surface area contributed by atoms with E-state index < -0.39 is 6.10 Å². The molecule has 73 heavy (non-hydrogen) atoms. The van der Waals surface area contributed by atoms with Gasteiger partial charge in [-0.05, 0) is 19.3 Å². The second kappa shape index (κ2) is 62.9. The zero-order chi connectivity index (χ0) is 52.9. The van der Waals surface area contributed by atoms with Gasteiger partial charge in [-0.1, -0.05) is 355 Å². The van der Waals surface area contributed by atoms with Crippen molar-refractivity contribution < 1.29 is 28.6 Å². The topological polar surface area (TPSA) is 78.9 Å². The van der Waals surface area contributed by atoms with Crippen molar-refractivity contribution in [2.75, 3.05) is 13.2 Å². The van der Waals surface area contributed by atoms with Crippen LogP contribution in [0.1, 0.15) is 393 Å². The highest BCUT2D eigenvalue weighted by molar-refractivity contribution is 5.71. The van der Waals surface area contributed by atoms with Crippen molar-refractivity contribution >= 4 is 17.9 Å². The van der Waals surface area contributed by atoms with Crippen molar-refractivity contribution in [1.82, 2.24) is 0 Å². The van der Waals surface area contributed by atoms with Gasteiger partial charge in [0.1, 0.15) is 13.2 Å². The highest BCUT2D eigenvalue weighted by Gasteiger charge is 2.19. The fourth-order valence-electron chi connectivity index (χ4n) is 10.6. The summed E-state index contributed by atoms with van der Waals surface area (Å²) in [6.07, 6.45) is 73.1. The summed E-state index contributed by atoms with van der Waals surface area (Å²) in [6, 6.07) is 0. The summed E-state index contributed by atoms with van der Waals surface area (Å²) in [5.74, 6) is -0.839. The van der Waals surface area contributed by atoms with Crippen LogP contribution in [-0.4, -0.2) is 37.2 Å². The molecule has 434 valence electrons. The molecule has 0 radical (unpaired) electrons. The number of unbranched alkanes of at least 4 members (excludes halogenated alkanes) is 52. The Hall–Kier alpha value is -1.59. The van der Waals surface area contributed by atoms with Gasteiger partial charge >= 0.3 is 17.9 Å². The molecule has 6 heteroatoms. The van der Waals surface area contributed by atoms with Crippen molar-refractivity contribution in [3.05, 3.63) is 0 Å². The summed E-state index contributed by atoms with van der Waals surface area (Å²) in [6.45, 7) is 6.67. The Balaban J connectivity index is 3.97. The van der Waals surface area contributed by atoms with Crippen LogP contribution in [-0.2, 0) is 28.6 Å². The maximum Gasteiger partial charge on any atom is 0.306 e. The molecule has 1 unspecified atom stereocenters. The van der Waals surface area contributed by atoms with E-state index >= 15 is 0 Å². The zero-order valence-electron chi connectivity index (χ0n) is 50.0. The summed E-state index contributed by atoms with van der Waals surface area (Å²) in [4.78, 5) is 38.0. The normalized spacial score (nSPS) is 11.9. The minimum absolute atomic E-state index is 0.0618. The van der Waals surface area contributed by atoms with Gasteiger partial charge in [0.25, 0.3) is 0 Å². The first kappa shape index (κ1) is 71.4. The van der Waals surface area contributed by atoms with E-state index in [1.807, 2.05) is 0 Å². The van der Waals surface area contributed by atoms with Crippen LogP contribution in [0.5, 0.6) is 0 Å². The summed E-state index contributed by atoms with van der Waals surface area (Å²) < 4.78 is 16.8. The zero-order valence-corrected chi connectivity index (χ0v) is 50.0. The molecule has 0 spiro atoms. The summed E-state index contributed by atoms with van der Waals surface area (Å²) >= 11 is 0. The third-order valence-electron chi connectivity index (χ3n) is 15.6. The van der Waals surface area contributed by atoms with E-state index in [1.165, 1.54) is 295 Å². The molecule has 0 N–H and O–H groups in total. The van der Waals surface area contributed by atoms with Gasteiger partial charge in [0.15, 0.2) is 6.10 Å². The lowest BCUT2D eigenvalue weighted by molar-refractivity contribution is -0.167. The maximum atomic E-state index is 12.9. The number of rotatable bonds is 63. The van der Waals surface area contributed by atoms with Crippen molar-refractivity contribution in [3.8, 4) is 0 Å². The van der Waals surface area contributed by atoms with Crippen LogP contribution in [0.2, 0.25) is 0 Å². The van der Waals surface area contributed by atoms with Crippen LogP contribution in [0.25, 0.3) is 0 Å². The van der Waals surface area contributed by atoms with Crippen molar-refractivity contribution in [1.29, 1.82) is 0 Å². The highest BCUT2D eigenvalue weighted by atomic mass is 16.6. The van der Waals surface area contributed by atoms with Crippen LogP contribution in [0, 0.1) is 0 Å². The summed E-state index contributed by atoms with van der Waals surface area (Å²) in [5.41, 5.74) is 0. The van der Waals surface area contributed by atoms with Gasteiger partial charge in [0.2, 0.25) is 0 Å². The second-order valence-electron chi connectivity index (χ2n) is 23.1. The highest BCUT2D eigenvalue weighted by Crippen LogP contribution is 2.19. The fourth-order valence-corrected chi connectivity index (χ4v) is 10.6. The van der Waals surface area contributed by atoms with Gasteiger partial charge in [-0.2, -0.15) is 0 Å². The van der Waals surface area contributed by atoms with E-state index in [9.17, 15) is 14.4 Å². The lowest BCUT2D eigenvalue weighted by Crippen LogP contribution is -2.30. The van der Waals surface area contributed by atoms with E-state index in [1.54, 1.807) is 0 Å². The van der Waals surface area contributed by atoms with Gasteiger partial charge in [-0.15, -0.1) is 0 Å². The minimum atomic E-state index is -0.761. The van der Waals surface area contributed by atoms with Gasteiger partial charge in [-0.25, -0.2) is 0 Å². The predicted octanol–water partition coefficient (Wildman–Crippen LogP) is 22.7. The molecule has 1 atom stereocenters. The van der Waals surface area contributed by atoms with E-state index in [4.69, 9.17) is 14.2 Å². The van der Waals surface area contributed by atoms with Crippen molar-refractivity contribution in [2.45, 2.75) is 399 Å². The monoisotopic (exact) mass is 1030 g/mol. The average molecular weight is 1030 g/mol. The number of hydrogen-bond acceptors (Lipinski definition) is 6. The Kier molecular flexibility index (Phi) is 61.6. The molecule has 0 amide bonds. The number of ether oxygens (including phenoxy) is 3. The first-order valence-electron chi connectivity index (χ1n) is 33.5. The van der Waals surface area contributed by atoms with Crippen LogP contribution >= 0.6 is 0 Å². The lowest BCUT2D eigenvalue weighted by atomic mass is 10.0. The van der Waals surface area contributed by atoms with Crippen molar-refractivity contribution in [3.63, 3.8) is 0 Å². The fraction of sp³-hybridized carbons (Fsp3) is 0.955. The molecule has 0 heterocycles. The molecule has 0 saturated heterocycles.